The fourth-order valence-electron chi connectivity index (χ4n) is 4.85. The van der Waals surface area contributed by atoms with Crippen LogP contribution < -0.4 is 0 Å². The summed E-state index contributed by atoms with van der Waals surface area (Å²) in [7, 11) is -1.68. The number of hydrogen-bond donors (Lipinski definition) is 2. The Hall–Kier alpha value is -0.423. The Morgan fingerprint density at radius 1 is 1.24 bits per heavy atom. The third-order valence-electron chi connectivity index (χ3n) is 5.52. The SMILES string of the molecule is C[Si](C)(C)O[C@@H]1[C@H]2C=C[C@@H](O)[C@]1(CCCO)[C@@H]1C=CC[C@H]21. The lowest BCUT2D eigenvalue weighted by atomic mass is 9.66. The summed E-state index contributed by atoms with van der Waals surface area (Å²) in [5.41, 5.74) is -0.236. The van der Waals surface area contributed by atoms with E-state index in [1.807, 2.05) is 6.08 Å². The van der Waals surface area contributed by atoms with Crippen molar-refractivity contribution < 1.29 is 14.6 Å². The van der Waals surface area contributed by atoms with E-state index < -0.39 is 14.4 Å². The molecule has 0 aromatic carbocycles. The Balaban J connectivity index is 2.00. The van der Waals surface area contributed by atoms with Gasteiger partial charge in [-0.15, -0.1) is 0 Å². The van der Waals surface area contributed by atoms with Gasteiger partial charge in [-0.2, -0.15) is 0 Å². The van der Waals surface area contributed by atoms with Gasteiger partial charge in [0.25, 0.3) is 0 Å². The second-order valence-corrected chi connectivity index (χ2v) is 12.3. The average Bonchev–Trinajstić information content (AvgIpc) is 2.91. The maximum Gasteiger partial charge on any atom is 0.184 e. The van der Waals surface area contributed by atoms with E-state index in [-0.39, 0.29) is 18.1 Å². The van der Waals surface area contributed by atoms with Gasteiger partial charge in [0.1, 0.15) is 0 Å². The van der Waals surface area contributed by atoms with Crippen LogP contribution in [0.2, 0.25) is 19.6 Å². The smallest absolute Gasteiger partial charge is 0.184 e. The maximum absolute atomic E-state index is 10.8. The van der Waals surface area contributed by atoms with Crippen molar-refractivity contribution in [3.63, 3.8) is 0 Å². The maximum atomic E-state index is 10.8. The molecular formula is C17H28O3Si. The van der Waals surface area contributed by atoms with Crippen molar-refractivity contribution in [2.75, 3.05) is 6.61 Å². The lowest BCUT2D eigenvalue weighted by Gasteiger charge is -2.46. The summed E-state index contributed by atoms with van der Waals surface area (Å²) in [6.07, 6.45) is 11.1. The molecule has 3 aliphatic carbocycles. The number of allylic oxidation sites excluding steroid dienone is 2. The first-order valence-electron chi connectivity index (χ1n) is 8.22. The van der Waals surface area contributed by atoms with Crippen molar-refractivity contribution in [2.45, 2.75) is 51.1 Å². The van der Waals surface area contributed by atoms with Gasteiger partial charge in [0, 0.05) is 17.9 Å². The second-order valence-electron chi connectivity index (χ2n) is 7.85. The molecule has 0 aromatic heterocycles. The van der Waals surface area contributed by atoms with Crippen LogP contribution in [0.1, 0.15) is 19.3 Å². The predicted octanol–water partition coefficient (Wildman–Crippen LogP) is 2.72. The number of aliphatic hydroxyl groups is 2. The molecule has 118 valence electrons. The molecule has 2 N–H and O–H groups in total. The molecule has 0 heterocycles. The molecule has 0 aliphatic heterocycles. The first-order chi connectivity index (χ1) is 9.90. The monoisotopic (exact) mass is 308 g/mol. The quantitative estimate of drug-likeness (QED) is 0.606. The van der Waals surface area contributed by atoms with Gasteiger partial charge >= 0.3 is 0 Å². The number of fused-ring (bicyclic) bond motifs is 5. The first kappa shape index (κ1) is 15.5. The Morgan fingerprint density at radius 2 is 2.00 bits per heavy atom. The van der Waals surface area contributed by atoms with E-state index in [0.717, 1.165) is 19.3 Å². The normalized spacial score (nSPS) is 44.3. The van der Waals surface area contributed by atoms with Gasteiger partial charge in [0.2, 0.25) is 0 Å². The summed E-state index contributed by atoms with van der Waals surface area (Å²) < 4.78 is 6.58. The van der Waals surface area contributed by atoms with Crippen molar-refractivity contribution in [3.8, 4) is 0 Å². The zero-order chi connectivity index (χ0) is 15.3. The molecule has 0 amide bonds. The number of hydrogen-bond acceptors (Lipinski definition) is 3. The fraction of sp³-hybridized carbons (Fsp3) is 0.765. The zero-order valence-corrected chi connectivity index (χ0v) is 14.3. The minimum Gasteiger partial charge on any atom is -0.413 e. The molecule has 0 radical (unpaired) electrons. The summed E-state index contributed by atoms with van der Waals surface area (Å²) >= 11 is 0. The molecule has 1 saturated carbocycles. The van der Waals surface area contributed by atoms with Gasteiger partial charge in [0.05, 0.1) is 12.2 Å². The van der Waals surface area contributed by atoms with E-state index in [2.05, 4.69) is 37.9 Å². The molecule has 3 nitrogen and oxygen atoms in total. The van der Waals surface area contributed by atoms with Gasteiger partial charge in [-0.3, -0.25) is 0 Å². The molecule has 3 rings (SSSR count). The summed E-state index contributed by atoms with van der Waals surface area (Å²) in [6, 6.07) is 0. The highest BCUT2D eigenvalue weighted by molar-refractivity contribution is 6.69. The Morgan fingerprint density at radius 3 is 2.67 bits per heavy atom. The van der Waals surface area contributed by atoms with Crippen LogP contribution in [0.5, 0.6) is 0 Å². The number of aliphatic hydroxyl groups excluding tert-OH is 2. The van der Waals surface area contributed by atoms with Crippen molar-refractivity contribution in [2.24, 2.45) is 23.2 Å². The Kier molecular flexibility index (Phi) is 3.93. The van der Waals surface area contributed by atoms with Gasteiger partial charge in [0.15, 0.2) is 8.32 Å². The minimum atomic E-state index is -1.68. The average molecular weight is 308 g/mol. The highest BCUT2D eigenvalue weighted by Gasteiger charge is 2.64. The lowest BCUT2D eigenvalue weighted by molar-refractivity contribution is -0.0596. The van der Waals surface area contributed by atoms with E-state index in [9.17, 15) is 10.2 Å². The molecule has 4 heteroatoms. The topological polar surface area (TPSA) is 49.7 Å². The molecule has 6 atom stereocenters. The molecule has 0 spiro atoms. The third kappa shape index (κ3) is 2.36. The van der Waals surface area contributed by atoms with Crippen LogP contribution in [0.25, 0.3) is 0 Å². The van der Waals surface area contributed by atoms with Crippen LogP contribution in [-0.4, -0.2) is 37.3 Å². The molecule has 0 saturated heterocycles. The first-order valence-corrected chi connectivity index (χ1v) is 11.6. The van der Waals surface area contributed by atoms with Crippen molar-refractivity contribution in [1.82, 2.24) is 0 Å². The summed E-state index contributed by atoms with van der Waals surface area (Å²) in [5.74, 6) is 1.37. The largest absolute Gasteiger partial charge is 0.413 e. The zero-order valence-electron chi connectivity index (χ0n) is 13.3. The van der Waals surface area contributed by atoms with E-state index in [4.69, 9.17) is 4.43 Å². The van der Waals surface area contributed by atoms with E-state index in [1.165, 1.54) is 0 Å². The van der Waals surface area contributed by atoms with E-state index in [0.29, 0.717) is 17.8 Å². The van der Waals surface area contributed by atoms with Crippen molar-refractivity contribution in [1.29, 1.82) is 0 Å². The van der Waals surface area contributed by atoms with E-state index in [1.54, 1.807) is 0 Å². The molecular weight excluding hydrogens is 280 g/mol. The molecule has 2 bridgehead atoms. The predicted molar refractivity (Wildman–Crippen MR) is 86.3 cm³/mol. The minimum absolute atomic E-state index is 0.107. The summed E-state index contributed by atoms with van der Waals surface area (Å²) in [6.45, 7) is 6.86. The van der Waals surface area contributed by atoms with Crippen LogP contribution in [0.4, 0.5) is 0 Å². The van der Waals surface area contributed by atoms with Crippen LogP contribution >= 0.6 is 0 Å². The van der Waals surface area contributed by atoms with Crippen molar-refractivity contribution >= 4 is 8.32 Å². The fourth-order valence-corrected chi connectivity index (χ4v) is 5.99. The van der Waals surface area contributed by atoms with Crippen LogP contribution in [-0.2, 0) is 4.43 Å². The van der Waals surface area contributed by atoms with Crippen LogP contribution in [0, 0.1) is 23.2 Å². The Bertz CT molecular complexity index is 453. The van der Waals surface area contributed by atoms with E-state index >= 15 is 0 Å². The van der Waals surface area contributed by atoms with Gasteiger partial charge in [-0.1, -0.05) is 24.3 Å². The van der Waals surface area contributed by atoms with Crippen molar-refractivity contribution in [3.05, 3.63) is 24.3 Å². The standard InChI is InChI=1S/C17H28O3Si/c1-21(2,3)20-16-13-8-9-15(19)17(16,10-5-11-18)14-7-4-6-12(13)14/h4,7-9,12-16,18-19H,5-6,10-11H2,1-3H3/t12-,13+,14-,15-,16-,17+/m1/s1. The highest BCUT2D eigenvalue weighted by atomic mass is 28.4. The second kappa shape index (κ2) is 5.34. The summed E-state index contributed by atoms with van der Waals surface area (Å²) in [4.78, 5) is 0. The molecule has 1 fully saturated rings. The third-order valence-corrected chi connectivity index (χ3v) is 6.48. The Labute approximate surface area is 128 Å². The molecule has 21 heavy (non-hydrogen) atoms. The molecule has 3 aliphatic rings. The van der Waals surface area contributed by atoms with Gasteiger partial charge < -0.3 is 14.6 Å². The lowest BCUT2D eigenvalue weighted by Crippen LogP contribution is -2.52. The molecule has 0 aromatic rings. The van der Waals surface area contributed by atoms with Gasteiger partial charge in [-0.05, 0) is 50.7 Å². The summed E-state index contributed by atoms with van der Waals surface area (Å²) in [5, 5.41) is 20.1. The highest BCUT2D eigenvalue weighted by Crippen LogP contribution is 2.62. The number of rotatable bonds is 5. The van der Waals surface area contributed by atoms with Crippen LogP contribution in [0.15, 0.2) is 24.3 Å². The van der Waals surface area contributed by atoms with Gasteiger partial charge in [-0.25, -0.2) is 0 Å². The van der Waals surface area contributed by atoms with Crippen LogP contribution in [0.3, 0.4) is 0 Å². The molecule has 0 unspecified atom stereocenters.